The molecule has 0 spiro atoms. The summed E-state index contributed by atoms with van der Waals surface area (Å²) in [5.74, 6) is -0.136. The van der Waals surface area contributed by atoms with Crippen molar-refractivity contribution < 1.29 is 9.18 Å². The average Bonchev–Trinajstić information content (AvgIpc) is 2.43. The third-order valence-electron chi connectivity index (χ3n) is 3.02. The molecule has 2 aromatic carbocycles. The van der Waals surface area contributed by atoms with Gasteiger partial charge in [-0.15, -0.1) is 0 Å². The fraction of sp³-hybridized carbons (Fsp3) is 0.188. The molecule has 0 saturated heterocycles. The number of rotatable bonds is 3. The molecule has 0 unspecified atom stereocenters. The van der Waals surface area contributed by atoms with Crippen LogP contribution < -0.4 is 5.32 Å². The lowest BCUT2D eigenvalue weighted by Crippen LogP contribution is -2.12. The van der Waals surface area contributed by atoms with E-state index in [2.05, 4.69) is 35.1 Å². The molecule has 0 atom stereocenters. The Morgan fingerprint density at radius 2 is 1.80 bits per heavy atom. The highest BCUT2D eigenvalue weighted by atomic mass is 79.9. The number of amides is 1. The maximum absolute atomic E-state index is 13.1. The highest BCUT2D eigenvalue weighted by molar-refractivity contribution is 9.10. The summed E-state index contributed by atoms with van der Waals surface area (Å²) in [6.45, 7) is 4.20. The van der Waals surface area contributed by atoms with Crippen molar-refractivity contribution in [3.8, 4) is 0 Å². The molecule has 0 aliphatic carbocycles. The highest BCUT2D eigenvalue weighted by Gasteiger charge is 2.08. The summed E-state index contributed by atoms with van der Waals surface area (Å²) in [5.41, 5.74) is 2.32. The quantitative estimate of drug-likeness (QED) is 0.843. The lowest BCUT2D eigenvalue weighted by molar-refractivity contribution is 0.102. The topological polar surface area (TPSA) is 29.1 Å². The molecule has 20 heavy (non-hydrogen) atoms. The standard InChI is InChI=1S/C16H15BrFNO/c1-10(2)11-3-5-12(6-4-11)16(20)19-13-7-8-15(18)14(17)9-13/h3-10H,1-2H3,(H,19,20). The van der Waals surface area contributed by atoms with E-state index in [9.17, 15) is 9.18 Å². The molecule has 1 N–H and O–H groups in total. The van der Waals surface area contributed by atoms with E-state index in [0.29, 0.717) is 21.6 Å². The Labute approximate surface area is 126 Å². The van der Waals surface area contributed by atoms with E-state index in [1.165, 1.54) is 23.8 Å². The molecule has 0 bridgehead atoms. The maximum Gasteiger partial charge on any atom is 0.255 e. The predicted octanol–water partition coefficient (Wildman–Crippen LogP) is 4.96. The third kappa shape index (κ3) is 3.45. The van der Waals surface area contributed by atoms with Crippen LogP contribution in [0.4, 0.5) is 10.1 Å². The number of hydrogen-bond donors (Lipinski definition) is 1. The number of hydrogen-bond acceptors (Lipinski definition) is 1. The first-order chi connectivity index (χ1) is 9.47. The molecule has 4 heteroatoms. The van der Waals surface area contributed by atoms with Crippen LogP contribution in [0.5, 0.6) is 0 Å². The van der Waals surface area contributed by atoms with Crippen molar-refractivity contribution in [2.45, 2.75) is 19.8 Å². The predicted molar refractivity (Wildman–Crippen MR) is 82.6 cm³/mol. The van der Waals surface area contributed by atoms with E-state index in [1.807, 2.05) is 12.1 Å². The second-order valence-corrected chi connectivity index (χ2v) is 5.71. The summed E-state index contributed by atoms with van der Waals surface area (Å²) in [7, 11) is 0. The molecule has 0 radical (unpaired) electrons. The van der Waals surface area contributed by atoms with Gasteiger partial charge in [-0.05, 0) is 57.7 Å². The first-order valence-electron chi connectivity index (χ1n) is 6.33. The summed E-state index contributed by atoms with van der Waals surface area (Å²) in [6, 6.07) is 11.9. The van der Waals surface area contributed by atoms with Gasteiger partial charge in [0.2, 0.25) is 0 Å². The molecule has 0 heterocycles. The monoisotopic (exact) mass is 335 g/mol. The van der Waals surface area contributed by atoms with Gasteiger partial charge in [-0.2, -0.15) is 0 Å². The van der Waals surface area contributed by atoms with Crippen molar-refractivity contribution in [3.05, 3.63) is 63.9 Å². The second kappa shape index (κ2) is 6.18. The number of nitrogens with one attached hydrogen (secondary N) is 1. The molecule has 0 aliphatic rings. The maximum atomic E-state index is 13.1. The van der Waals surface area contributed by atoms with Crippen LogP contribution in [0.15, 0.2) is 46.9 Å². The van der Waals surface area contributed by atoms with Gasteiger partial charge in [0.15, 0.2) is 0 Å². The highest BCUT2D eigenvalue weighted by Crippen LogP contribution is 2.21. The van der Waals surface area contributed by atoms with E-state index in [0.717, 1.165) is 0 Å². The number of halogens is 2. The van der Waals surface area contributed by atoms with Gasteiger partial charge >= 0.3 is 0 Å². The lowest BCUT2D eigenvalue weighted by Gasteiger charge is -2.08. The van der Waals surface area contributed by atoms with Crippen LogP contribution >= 0.6 is 15.9 Å². The van der Waals surface area contributed by atoms with Crippen LogP contribution in [0, 0.1) is 5.82 Å². The summed E-state index contributed by atoms with van der Waals surface area (Å²) >= 11 is 3.09. The van der Waals surface area contributed by atoms with Crippen molar-refractivity contribution in [2.24, 2.45) is 0 Å². The van der Waals surface area contributed by atoms with Crippen LogP contribution in [0.2, 0.25) is 0 Å². The molecular weight excluding hydrogens is 321 g/mol. The van der Waals surface area contributed by atoms with Gasteiger partial charge in [0, 0.05) is 11.3 Å². The minimum absolute atomic E-state index is 0.209. The fourth-order valence-electron chi connectivity index (χ4n) is 1.80. The molecular formula is C16H15BrFNO. The number of benzene rings is 2. The van der Waals surface area contributed by atoms with Gasteiger partial charge in [-0.1, -0.05) is 26.0 Å². The van der Waals surface area contributed by atoms with Gasteiger partial charge in [-0.25, -0.2) is 4.39 Å². The SMILES string of the molecule is CC(C)c1ccc(C(=O)Nc2ccc(F)c(Br)c2)cc1. The zero-order chi connectivity index (χ0) is 14.7. The number of anilines is 1. The Hall–Kier alpha value is -1.68. The molecule has 104 valence electrons. The largest absolute Gasteiger partial charge is 0.322 e. The zero-order valence-electron chi connectivity index (χ0n) is 11.3. The van der Waals surface area contributed by atoms with Gasteiger partial charge in [0.1, 0.15) is 5.82 Å². The van der Waals surface area contributed by atoms with Crippen molar-refractivity contribution in [1.82, 2.24) is 0 Å². The summed E-state index contributed by atoms with van der Waals surface area (Å²) < 4.78 is 13.4. The van der Waals surface area contributed by atoms with E-state index in [1.54, 1.807) is 12.1 Å². The zero-order valence-corrected chi connectivity index (χ0v) is 12.9. The summed E-state index contributed by atoms with van der Waals surface area (Å²) in [4.78, 5) is 12.1. The smallest absolute Gasteiger partial charge is 0.255 e. The van der Waals surface area contributed by atoms with Crippen LogP contribution in [0.3, 0.4) is 0 Å². The first-order valence-corrected chi connectivity index (χ1v) is 7.13. The summed E-state index contributed by atoms with van der Waals surface area (Å²) in [5, 5.41) is 2.74. The Balaban J connectivity index is 2.13. The average molecular weight is 336 g/mol. The van der Waals surface area contributed by atoms with Crippen molar-refractivity contribution in [2.75, 3.05) is 5.32 Å². The van der Waals surface area contributed by atoms with E-state index >= 15 is 0 Å². The molecule has 0 saturated carbocycles. The Morgan fingerprint density at radius 3 is 2.35 bits per heavy atom. The van der Waals surface area contributed by atoms with E-state index in [-0.39, 0.29) is 11.7 Å². The lowest BCUT2D eigenvalue weighted by atomic mass is 10.0. The normalized spacial score (nSPS) is 10.7. The number of carbonyl (C=O) groups excluding carboxylic acids is 1. The Morgan fingerprint density at radius 1 is 1.15 bits per heavy atom. The summed E-state index contributed by atoms with van der Waals surface area (Å²) in [6.07, 6.45) is 0. The van der Waals surface area contributed by atoms with Gasteiger partial charge in [0.05, 0.1) is 4.47 Å². The van der Waals surface area contributed by atoms with Crippen LogP contribution in [0.1, 0.15) is 35.7 Å². The number of carbonyl (C=O) groups is 1. The van der Waals surface area contributed by atoms with Crippen molar-refractivity contribution in [1.29, 1.82) is 0 Å². The van der Waals surface area contributed by atoms with Crippen LogP contribution in [-0.4, -0.2) is 5.91 Å². The minimum Gasteiger partial charge on any atom is -0.322 e. The van der Waals surface area contributed by atoms with Crippen LogP contribution in [0.25, 0.3) is 0 Å². The Bertz CT molecular complexity index is 623. The molecule has 2 nitrogen and oxygen atoms in total. The second-order valence-electron chi connectivity index (χ2n) is 4.86. The van der Waals surface area contributed by atoms with Gasteiger partial charge in [-0.3, -0.25) is 4.79 Å². The van der Waals surface area contributed by atoms with Crippen molar-refractivity contribution >= 4 is 27.5 Å². The fourth-order valence-corrected chi connectivity index (χ4v) is 2.18. The molecule has 2 aromatic rings. The molecule has 0 aromatic heterocycles. The van der Waals surface area contributed by atoms with Crippen LogP contribution in [-0.2, 0) is 0 Å². The van der Waals surface area contributed by atoms with Crippen molar-refractivity contribution in [3.63, 3.8) is 0 Å². The Kier molecular flexibility index (Phi) is 4.55. The minimum atomic E-state index is -0.357. The van der Waals surface area contributed by atoms with Gasteiger partial charge in [0.25, 0.3) is 5.91 Å². The first kappa shape index (κ1) is 14.7. The third-order valence-corrected chi connectivity index (χ3v) is 3.62. The van der Waals surface area contributed by atoms with Gasteiger partial charge < -0.3 is 5.32 Å². The molecule has 0 fully saturated rings. The molecule has 1 amide bonds. The van der Waals surface area contributed by atoms with E-state index < -0.39 is 0 Å². The molecule has 0 aliphatic heterocycles. The molecule has 2 rings (SSSR count). The van der Waals surface area contributed by atoms with E-state index in [4.69, 9.17) is 0 Å².